The predicted octanol–water partition coefficient (Wildman–Crippen LogP) is 4.43. The number of fused-ring (bicyclic) bond motifs is 3. The molecule has 0 radical (unpaired) electrons. The summed E-state index contributed by atoms with van der Waals surface area (Å²) in [5, 5.41) is 6.83. The van der Waals surface area contributed by atoms with Crippen molar-refractivity contribution in [2.75, 3.05) is 36.5 Å². The van der Waals surface area contributed by atoms with Gasteiger partial charge in [-0.25, -0.2) is 4.39 Å². The SMILES string of the molecule is O=C(C(=O)C(F)(F)F)C(F)(F)F.O=Cc1ccc(Nc2cc3c4c(c2)[C@@H]2CNCC[C@@H]2N4CCOC3)cc1F. The maximum Gasteiger partial charge on any atom is 0.458 e. The Morgan fingerprint density at radius 3 is 2.33 bits per heavy atom. The van der Waals surface area contributed by atoms with Crippen LogP contribution in [0, 0.1) is 5.82 Å². The number of aldehydes is 1. The van der Waals surface area contributed by atoms with Crippen molar-refractivity contribution in [3.8, 4) is 0 Å². The smallest absolute Gasteiger partial charge is 0.375 e. The van der Waals surface area contributed by atoms with Crippen molar-refractivity contribution in [3.05, 3.63) is 52.8 Å². The van der Waals surface area contributed by atoms with Gasteiger partial charge in [0.1, 0.15) is 5.82 Å². The first-order chi connectivity index (χ1) is 18.3. The molecule has 0 amide bonds. The van der Waals surface area contributed by atoms with Gasteiger partial charge in [-0.3, -0.25) is 14.4 Å². The average Bonchev–Trinajstić information content (AvgIpc) is 3.02. The third kappa shape index (κ3) is 6.06. The normalized spacial score (nSPS) is 20.1. The van der Waals surface area contributed by atoms with Crippen LogP contribution < -0.4 is 15.5 Å². The lowest BCUT2D eigenvalue weighted by Gasteiger charge is -2.33. The van der Waals surface area contributed by atoms with Gasteiger partial charge < -0.3 is 20.3 Å². The Morgan fingerprint density at radius 2 is 1.72 bits per heavy atom. The Hall–Kier alpha value is -3.52. The molecule has 0 saturated carbocycles. The van der Waals surface area contributed by atoms with Crippen molar-refractivity contribution < 1.29 is 49.9 Å². The van der Waals surface area contributed by atoms with Gasteiger partial charge in [0, 0.05) is 47.7 Å². The number of hydrogen-bond acceptors (Lipinski definition) is 7. The molecular formula is C25H22F7N3O4. The lowest BCUT2D eigenvalue weighted by atomic mass is 9.89. The number of carbonyl (C=O) groups is 3. The molecule has 2 atom stereocenters. The Kier molecular flexibility index (Phi) is 7.98. The summed E-state index contributed by atoms with van der Waals surface area (Å²) in [7, 11) is 0. The Labute approximate surface area is 217 Å². The molecule has 3 aliphatic heterocycles. The van der Waals surface area contributed by atoms with Crippen molar-refractivity contribution >= 4 is 34.9 Å². The second-order valence-electron chi connectivity index (χ2n) is 9.12. The van der Waals surface area contributed by atoms with Gasteiger partial charge in [-0.15, -0.1) is 0 Å². The number of nitrogens with one attached hydrogen (secondary N) is 2. The molecule has 5 rings (SSSR count). The number of nitrogens with zero attached hydrogens (tertiary/aromatic N) is 1. The highest BCUT2D eigenvalue weighted by atomic mass is 19.4. The zero-order valence-electron chi connectivity index (χ0n) is 20.1. The third-order valence-corrected chi connectivity index (χ3v) is 6.62. The number of rotatable bonds is 4. The zero-order chi connectivity index (χ0) is 28.5. The van der Waals surface area contributed by atoms with Crippen LogP contribution >= 0.6 is 0 Å². The van der Waals surface area contributed by atoms with E-state index in [2.05, 4.69) is 27.7 Å². The number of carbonyl (C=O) groups excluding carboxylic acids is 3. The van der Waals surface area contributed by atoms with E-state index in [9.17, 15) is 45.1 Å². The van der Waals surface area contributed by atoms with Crippen molar-refractivity contribution in [1.82, 2.24) is 5.32 Å². The van der Waals surface area contributed by atoms with Gasteiger partial charge in [0.05, 0.1) is 18.8 Å². The van der Waals surface area contributed by atoms with E-state index in [1.807, 2.05) is 0 Å². The number of hydrogen-bond donors (Lipinski definition) is 2. The minimum absolute atomic E-state index is 0.0706. The van der Waals surface area contributed by atoms with Gasteiger partial charge in [0.2, 0.25) is 0 Å². The van der Waals surface area contributed by atoms with Crippen molar-refractivity contribution in [2.45, 2.75) is 37.3 Å². The maximum atomic E-state index is 13.9. The summed E-state index contributed by atoms with van der Waals surface area (Å²) in [6.07, 6.45) is -9.87. The van der Waals surface area contributed by atoms with Gasteiger partial charge in [0.15, 0.2) is 6.29 Å². The molecule has 1 fully saturated rings. The summed E-state index contributed by atoms with van der Waals surface area (Å²) in [5.74, 6) is -6.85. The Morgan fingerprint density at radius 1 is 1.03 bits per heavy atom. The molecule has 39 heavy (non-hydrogen) atoms. The van der Waals surface area contributed by atoms with E-state index >= 15 is 0 Å². The monoisotopic (exact) mass is 561 g/mol. The molecule has 0 aliphatic carbocycles. The summed E-state index contributed by atoms with van der Waals surface area (Å²) >= 11 is 0. The molecule has 1 saturated heterocycles. The van der Waals surface area contributed by atoms with Gasteiger partial charge >= 0.3 is 23.9 Å². The topological polar surface area (TPSA) is 87.7 Å². The number of Topliss-reactive ketones (excluding diaryl/α,β-unsaturated/α-hetero) is 2. The maximum absolute atomic E-state index is 13.9. The van der Waals surface area contributed by atoms with Crippen LogP contribution in [-0.2, 0) is 20.9 Å². The van der Waals surface area contributed by atoms with Crippen LogP contribution in [0.3, 0.4) is 0 Å². The first-order valence-electron chi connectivity index (χ1n) is 11.8. The number of ether oxygens (including phenoxy) is 1. The molecule has 3 aliphatic rings. The minimum Gasteiger partial charge on any atom is -0.375 e. The van der Waals surface area contributed by atoms with E-state index in [0.29, 0.717) is 30.5 Å². The predicted molar refractivity (Wildman–Crippen MR) is 125 cm³/mol. The molecule has 7 nitrogen and oxygen atoms in total. The summed E-state index contributed by atoms with van der Waals surface area (Å²) in [5.41, 5.74) is 5.50. The van der Waals surface area contributed by atoms with Crippen LogP contribution in [0.1, 0.15) is 33.8 Å². The van der Waals surface area contributed by atoms with Crippen molar-refractivity contribution in [1.29, 1.82) is 0 Å². The summed E-state index contributed by atoms with van der Waals surface area (Å²) in [6.45, 7) is 4.31. The van der Waals surface area contributed by atoms with Crippen LogP contribution in [0.2, 0.25) is 0 Å². The van der Waals surface area contributed by atoms with Gasteiger partial charge in [-0.05, 0) is 48.9 Å². The van der Waals surface area contributed by atoms with Crippen molar-refractivity contribution in [3.63, 3.8) is 0 Å². The quantitative estimate of drug-likeness (QED) is 0.325. The minimum atomic E-state index is -5.77. The molecule has 0 spiro atoms. The fourth-order valence-electron chi connectivity index (χ4n) is 4.98. The first-order valence-corrected chi connectivity index (χ1v) is 11.8. The van der Waals surface area contributed by atoms with Crippen LogP contribution in [0.15, 0.2) is 30.3 Å². The van der Waals surface area contributed by atoms with Crippen LogP contribution in [0.4, 0.5) is 47.8 Å². The molecule has 14 heteroatoms. The molecule has 2 N–H and O–H groups in total. The lowest BCUT2D eigenvalue weighted by Crippen LogP contribution is -2.44. The third-order valence-electron chi connectivity index (χ3n) is 6.62. The summed E-state index contributed by atoms with van der Waals surface area (Å²) < 4.78 is 86.7. The second-order valence-corrected chi connectivity index (χ2v) is 9.12. The van der Waals surface area contributed by atoms with E-state index in [-0.39, 0.29) is 5.56 Å². The largest absolute Gasteiger partial charge is 0.458 e. The molecule has 2 aromatic rings. The van der Waals surface area contributed by atoms with Crippen LogP contribution in [0.25, 0.3) is 0 Å². The van der Waals surface area contributed by atoms with Gasteiger partial charge in [-0.2, -0.15) is 26.3 Å². The number of alkyl halides is 6. The molecule has 3 heterocycles. The standard InChI is InChI=1S/C21H22FN3O2.C4F6O2/c22-19-9-15(2-1-13(19)11-26)24-16-7-14-12-27-6-5-25-20-3-4-23-10-18(20)17(8-16)21(14)25;5-3(6,7)1(11)2(12)4(8,9)10/h1-2,7-9,11,18,20,23-24H,3-6,10,12H2;/t18-,20-;/m0./s1. The second kappa shape index (κ2) is 10.9. The molecular weight excluding hydrogens is 539 g/mol. The molecule has 2 aromatic carbocycles. The highest BCUT2D eigenvalue weighted by molar-refractivity contribution is 6.41. The zero-order valence-corrected chi connectivity index (χ0v) is 20.1. The van der Waals surface area contributed by atoms with Crippen LogP contribution in [-0.4, -0.2) is 62.5 Å². The van der Waals surface area contributed by atoms with Gasteiger partial charge in [-0.1, -0.05) is 0 Å². The fourth-order valence-corrected chi connectivity index (χ4v) is 4.98. The lowest BCUT2D eigenvalue weighted by molar-refractivity contribution is -0.193. The van der Waals surface area contributed by atoms with E-state index in [0.717, 1.165) is 38.3 Å². The average molecular weight is 561 g/mol. The fraction of sp³-hybridized carbons (Fsp3) is 0.400. The molecule has 0 bridgehead atoms. The van der Waals surface area contributed by atoms with Crippen LogP contribution in [0.5, 0.6) is 0 Å². The van der Waals surface area contributed by atoms with Crippen molar-refractivity contribution in [2.24, 2.45) is 0 Å². The Balaban J connectivity index is 0.000000251. The number of ketones is 2. The molecule has 0 unspecified atom stereocenters. The number of anilines is 3. The highest BCUT2D eigenvalue weighted by Crippen LogP contribution is 2.47. The highest BCUT2D eigenvalue weighted by Gasteiger charge is 2.54. The summed E-state index contributed by atoms with van der Waals surface area (Å²) in [6, 6.07) is 9.42. The molecule has 210 valence electrons. The number of piperidine rings is 1. The molecule has 0 aromatic heterocycles. The van der Waals surface area contributed by atoms with E-state index < -0.39 is 29.7 Å². The van der Waals surface area contributed by atoms with Gasteiger partial charge in [0.25, 0.3) is 0 Å². The van der Waals surface area contributed by atoms with E-state index in [1.54, 1.807) is 6.07 Å². The first kappa shape index (κ1) is 28.5. The Bertz CT molecular complexity index is 1260. The van der Waals surface area contributed by atoms with E-state index in [4.69, 9.17) is 4.74 Å². The van der Waals surface area contributed by atoms with E-state index in [1.165, 1.54) is 28.9 Å². The number of halogens is 7. The number of benzene rings is 2. The summed E-state index contributed by atoms with van der Waals surface area (Å²) in [4.78, 5) is 32.6.